The minimum absolute atomic E-state index is 0.0414. The molecular weight excluding hydrogens is 310 g/mol. The van der Waals surface area contributed by atoms with Crippen molar-refractivity contribution in [3.63, 3.8) is 0 Å². The van der Waals surface area contributed by atoms with Gasteiger partial charge in [-0.3, -0.25) is 14.4 Å². The molecule has 2 aromatic rings. The van der Waals surface area contributed by atoms with Crippen molar-refractivity contribution in [1.82, 2.24) is 25.0 Å². The fourth-order valence-corrected chi connectivity index (χ4v) is 2.63. The third-order valence-electron chi connectivity index (χ3n) is 3.87. The number of amides is 2. The molecule has 0 spiro atoms. The third kappa shape index (κ3) is 3.08. The molecule has 0 saturated carbocycles. The number of piperazine rings is 1. The Morgan fingerprint density at radius 1 is 1.38 bits per heavy atom. The molecule has 0 aromatic carbocycles. The van der Waals surface area contributed by atoms with Crippen LogP contribution in [0.2, 0.25) is 0 Å². The van der Waals surface area contributed by atoms with E-state index in [2.05, 4.69) is 15.4 Å². The number of carbonyl (C=O) groups excluding carboxylic acids is 2. The lowest BCUT2D eigenvalue weighted by molar-refractivity contribution is -0.134. The summed E-state index contributed by atoms with van der Waals surface area (Å²) in [4.78, 5) is 39.9. The van der Waals surface area contributed by atoms with Gasteiger partial charge in [-0.1, -0.05) is 0 Å². The van der Waals surface area contributed by atoms with Crippen LogP contribution in [0.1, 0.15) is 25.5 Å². The first-order valence-corrected chi connectivity index (χ1v) is 7.80. The summed E-state index contributed by atoms with van der Waals surface area (Å²) in [7, 11) is 0. The lowest BCUT2D eigenvalue weighted by Gasteiger charge is -2.25. The van der Waals surface area contributed by atoms with Gasteiger partial charge in [-0.25, -0.2) is 4.68 Å². The van der Waals surface area contributed by atoms with Crippen molar-refractivity contribution in [2.45, 2.75) is 19.9 Å². The van der Waals surface area contributed by atoms with Crippen LogP contribution in [0.15, 0.2) is 23.1 Å². The highest BCUT2D eigenvalue weighted by atomic mass is 16.2. The zero-order valence-electron chi connectivity index (χ0n) is 13.6. The van der Waals surface area contributed by atoms with Crippen molar-refractivity contribution in [1.29, 1.82) is 0 Å². The zero-order valence-corrected chi connectivity index (χ0v) is 13.6. The molecule has 1 aliphatic rings. The van der Waals surface area contributed by atoms with E-state index < -0.39 is 0 Å². The summed E-state index contributed by atoms with van der Waals surface area (Å²) < 4.78 is 1.74. The van der Waals surface area contributed by atoms with Crippen LogP contribution in [0, 0.1) is 0 Å². The number of nitrogens with one attached hydrogen (secondary N) is 2. The van der Waals surface area contributed by atoms with E-state index in [1.54, 1.807) is 16.9 Å². The molecule has 8 heteroatoms. The summed E-state index contributed by atoms with van der Waals surface area (Å²) >= 11 is 0. The molecule has 0 radical (unpaired) electrons. The number of H-pyrrole nitrogens is 1. The maximum absolute atomic E-state index is 12.2. The normalized spacial score (nSPS) is 15.5. The van der Waals surface area contributed by atoms with E-state index in [0.29, 0.717) is 24.3 Å². The average Bonchev–Trinajstić information content (AvgIpc) is 2.95. The first-order valence-electron chi connectivity index (χ1n) is 7.80. The fraction of sp³-hybridized carbons (Fsp3) is 0.375. The van der Waals surface area contributed by atoms with Crippen LogP contribution in [0.5, 0.6) is 0 Å². The fourth-order valence-electron chi connectivity index (χ4n) is 2.63. The largest absolute Gasteiger partial charge is 0.353 e. The van der Waals surface area contributed by atoms with Gasteiger partial charge in [0.25, 0.3) is 5.56 Å². The molecule has 0 unspecified atom stereocenters. The molecule has 1 fully saturated rings. The van der Waals surface area contributed by atoms with E-state index in [9.17, 15) is 14.4 Å². The molecule has 3 heterocycles. The Bertz CT molecular complexity index is 877. The lowest BCUT2D eigenvalue weighted by Crippen LogP contribution is -2.49. The number of hydrogen-bond acceptors (Lipinski definition) is 4. The second-order valence-electron chi connectivity index (χ2n) is 5.98. The predicted octanol–water partition coefficient (Wildman–Crippen LogP) is 0.277. The maximum atomic E-state index is 12.2. The van der Waals surface area contributed by atoms with E-state index in [1.165, 1.54) is 17.1 Å². The molecular formula is C16H19N5O3. The highest BCUT2D eigenvalue weighted by Crippen LogP contribution is 2.15. The van der Waals surface area contributed by atoms with Crippen molar-refractivity contribution in [2.24, 2.45) is 0 Å². The number of pyridine rings is 1. The topological polar surface area (TPSA) is 100 Å². The Balaban J connectivity index is 1.84. The first-order chi connectivity index (χ1) is 11.5. The van der Waals surface area contributed by atoms with Crippen molar-refractivity contribution < 1.29 is 9.59 Å². The molecule has 1 saturated heterocycles. The number of hydrogen-bond donors (Lipinski definition) is 2. The van der Waals surface area contributed by atoms with Gasteiger partial charge in [0.1, 0.15) is 5.65 Å². The standard InChI is InChI=1S/C16H19N5O3/c1-10(2)21-15-12(8-18-21)7-11(16(24)19-15)3-4-14(23)20-6-5-17-13(22)9-20/h3-4,7-8,10H,5-6,9H2,1-2H3,(H,17,22)(H,19,24)/b4-3+. The summed E-state index contributed by atoms with van der Waals surface area (Å²) in [6.45, 7) is 4.91. The molecule has 2 aromatic heterocycles. The molecule has 3 rings (SSSR count). The van der Waals surface area contributed by atoms with E-state index in [-0.39, 0.29) is 30.0 Å². The Morgan fingerprint density at radius 2 is 2.17 bits per heavy atom. The van der Waals surface area contributed by atoms with Crippen LogP contribution < -0.4 is 10.9 Å². The van der Waals surface area contributed by atoms with Gasteiger partial charge < -0.3 is 15.2 Å². The summed E-state index contributed by atoms with van der Waals surface area (Å²) in [5.41, 5.74) is 0.747. The van der Waals surface area contributed by atoms with Gasteiger partial charge in [0.2, 0.25) is 11.8 Å². The zero-order chi connectivity index (χ0) is 17.3. The lowest BCUT2D eigenvalue weighted by atomic mass is 10.2. The molecule has 0 atom stereocenters. The van der Waals surface area contributed by atoms with Crippen LogP contribution in [-0.4, -0.2) is 51.1 Å². The van der Waals surface area contributed by atoms with Crippen molar-refractivity contribution in [3.05, 3.63) is 34.3 Å². The third-order valence-corrected chi connectivity index (χ3v) is 3.87. The second-order valence-corrected chi connectivity index (χ2v) is 5.98. The van der Waals surface area contributed by atoms with E-state index in [1.807, 2.05) is 13.8 Å². The Morgan fingerprint density at radius 3 is 2.88 bits per heavy atom. The molecule has 2 amide bonds. The summed E-state index contributed by atoms with van der Waals surface area (Å²) in [6, 6.07) is 1.83. The Kier molecular flexibility index (Phi) is 4.20. The minimum Gasteiger partial charge on any atom is -0.353 e. The number of nitrogens with zero attached hydrogens (tertiary/aromatic N) is 3. The van der Waals surface area contributed by atoms with Crippen molar-refractivity contribution >= 4 is 28.9 Å². The van der Waals surface area contributed by atoms with Crippen molar-refractivity contribution in [3.8, 4) is 0 Å². The predicted molar refractivity (Wildman–Crippen MR) is 89.4 cm³/mol. The molecule has 126 valence electrons. The van der Waals surface area contributed by atoms with Crippen LogP contribution in [-0.2, 0) is 9.59 Å². The molecule has 0 aliphatic carbocycles. The second kappa shape index (κ2) is 6.31. The highest BCUT2D eigenvalue weighted by molar-refractivity contribution is 5.95. The average molecular weight is 329 g/mol. The summed E-state index contributed by atoms with van der Waals surface area (Å²) in [6.07, 6.45) is 4.47. The van der Waals surface area contributed by atoms with Crippen LogP contribution in [0.3, 0.4) is 0 Å². The smallest absolute Gasteiger partial charge is 0.256 e. The molecule has 8 nitrogen and oxygen atoms in total. The highest BCUT2D eigenvalue weighted by Gasteiger charge is 2.19. The Hall–Kier alpha value is -2.90. The molecule has 0 bridgehead atoms. The SMILES string of the molecule is CC(C)n1ncc2cc(/C=C/C(=O)N3CCNC(=O)C3)c(=O)[nH]c21. The minimum atomic E-state index is -0.290. The van der Waals surface area contributed by atoms with E-state index in [4.69, 9.17) is 0 Å². The van der Waals surface area contributed by atoms with E-state index in [0.717, 1.165) is 5.39 Å². The monoisotopic (exact) mass is 329 g/mol. The van der Waals surface area contributed by atoms with Crippen LogP contribution >= 0.6 is 0 Å². The molecule has 2 N–H and O–H groups in total. The molecule has 24 heavy (non-hydrogen) atoms. The summed E-state index contributed by atoms with van der Waals surface area (Å²) in [5.74, 6) is -0.467. The van der Waals surface area contributed by atoms with Gasteiger partial charge in [0.15, 0.2) is 0 Å². The number of rotatable bonds is 3. The van der Waals surface area contributed by atoms with Gasteiger partial charge in [0.05, 0.1) is 12.7 Å². The van der Waals surface area contributed by atoms with Crippen LogP contribution in [0.25, 0.3) is 17.1 Å². The number of aromatic amines is 1. The maximum Gasteiger partial charge on any atom is 0.256 e. The van der Waals surface area contributed by atoms with Gasteiger partial charge in [-0.15, -0.1) is 0 Å². The van der Waals surface area contributed by atoms with Gasteiger partial charge >= 0.3 is 0 Å². The van der Waals surface area contributed by atoms with Gasteiger partial charge in [-0.2, -0.15) is 5.10 Å². The quantitative estimate of drug-likeness (QED) is 0.790. The van der Waals surface area contributed by atoms with Crippen LogP contribution in [0.4, 0.5) is 0 Å². The molecule has 1 aliphatic heterocycles. The number of carbonyl (C=O) groups is 2. The van der Waals surface area contributed by atoms with Crippen molar-refractivity contribution in [2.75, 3.05) is 19.6 Å². The number of fused-ring (bicyclic) bond motifs is 1. The van der Waals surface area contributed by atoms with Gasteiger partial charge in [-0.05, 0) is 26.0 Å². The van der Waals surface area contributed by atoms with E-state index >= 15 is 0 Å². The number of aromatic nitrogens is 3. The Labute approximate surface area is 138 Å². The van der Waals surface area contributed by atoms with Gasteiger partial charge in [0, 0.05) is 36.2 Å². The summed E-state index contributed by atoms with van der Waals surface area (Å²) in [5, 5.41) is 7.72. The first kappa shape index (κ1) is 16.0.